The molecular weight excluding hydrogens is 491 g/mol. The highest BCUT2D eigenvalue weighted by Crippen LogP contribution is 2.45. The van der Waals surface area contributed by atoms with Crippen molar-refractivity contribution in [3.8, 4) is 5.75 Å². The molecular formula is C26H26F3N3O3S. The van der Waals surface area contributed by atoms with Gasteiger partial charge in [0.05, 0.1) is 13.2 Å². The number of alkyl halides is 3. The molecule has 1 heterocycles. The van der Waals surface area contributed by atoms with Crippen molar-refractivity contribution in [2.45, 2.75) is 48.5 Å². The summed E-state index contributed by atoms with van der Waals surface area (Å²) in [6, 6.07) is 14.1. The molecule has 6 nitrogen and oxygen atoms in total. The van der Waals surface area contributed by atoms with Crippen LogP contribution in [0.5, 0.6) is 5.75 Å². The highest BCUT2D eigenvalue weighted by molar-refractivity contribution is 8.00. The van der Waals surface area contributed by atoms with Crippen molar-refractivity contribution in [1.29, 1.82) is 0 Å². The molecule has 0 unspecified atom stereocenters. The van der Waals surface area contributed by atoms with E-state index >= 15 is 0 Å². The molecule has 1 amide bonds. The van der Waals surface area contributed by atoms with E-state index in [9.17, 15) is 22.8 Å². The highest BCUT2D eigenvalue weighted by atomic mass is 32.2. The number of aromatic nitrogens is 2. The molecule has 1 fully saturated rings. The molecule has 1 atom stereocenters. The molecule has 3 aromatic rings. The predicted molar refractivity (Wildman–Crippen MR) is 131 cm³/mol. The highest BCUT2D eigenvalue weighted by Gasteiger charge is 2.39. The number of hydrogen-bond donors (Lipinski definition) is 1. The molecule has 0 spiro atoms. The van der Waals surface area contributed by atoms with E-state index < -0.39 is 28.4 Å². The van der Waals surface area contributed by atoms with Gasteiger partial charge >= 0.3 is 5.51 Å². The Balaban J connectivity index is 1.87. The van der Waals surface area contributed by atoms with Gasteiger partial charge in [-0.15, -0.1) is 0 Å². The summed E-state index contributed by atoms with van der Waals surface area (Å²) < 4.78 is 45.3. The first-order valence-corrected chi connectivity index (χ1v) is 12.2. The lowest BCUT2D eigenvalue weighted by Crippen LogP contribution is -2.38. The second-order valence-electron chi connectivity index (χ2n) is 9.29. The SMILES string of the molecule is COc1ccc(C(C)(C)c2nc(C(N)=O)cc(=O)n2[C@@H](c2ccc(SC(F)(F)F)cc2)C2CC2)cc1. The second kappa shape index (κ2) is 9.65. The monoisotopic (exact) mass is 517 g/mol. The van der Waals surface area contributed by atoms with E-state index in [0.29, 0.717) is 17.1 Å². The third-order valence-electron chi connectivity index (χ3n) is 6.38. The third-order valence-corrected chi connectivity index (χ3v) is 7.12. The van der Waals surface area contributed by atoms with Crippen molar-refractivity contribution in [2.75, 3.05) is 7.11 Å². The van der Waals surface area contributed by atoms with Crippen molar-refractivity contribution in [3.63, 3.8) is 0 Å². The van der Waals surface area contributed by atoms with Crippen LogP contribution in [0.25, 0.3) is 0 Å². The molecule has 1 aromatic heterocycles. The van der Waals surface area contributed by atoms with Gasteiger partial charge < -0.3 is 10.5 Å². The van der Waals surface area contributed by atoms with E-state index in [1.165, 1.54) is 12.1 Å². The predicted octanol–water partition coefficient (Wildman–Crippen LogP) is 5.29. The van der Waals surface area contributed by atoms with Crippen LogP contribution in [-0.4, -0.2) is 28.1 Å². The summed E-state index contributed by atoms with van der Waals surface area (Å²) in [6.45, 7) is 3.79. The number of rotatable bonds is 8. The fourth-order valence-electron chi connectivity index (χ4n) is 4.37. The number of nitrogens with two attached hydrogens (primary N) is 1. The Kier molecular flexibility index (Phi) is 6.92. The Hall–Kier alpha value is -3.27. The van der Waals surface area contributed by atoms with Crippen molar-refractivity contribution < 1.29 is 22.7 Å². The smallest absolute Gasteiger partial charge is 0.446 e. The van der Waals surface area contributed by atoms with Crippen molar-refractivity contribution in [1.82, 2.24) is 9.55 Å². The first kappa shape index (κ1) is 25.8. The van der Waals surface area contributed by atoms with Gasteiger partial charge in [0, 0.05) is 16.4 Å². The number of carbonyl (C=O) groups is 1. The summed E-state index contributed by atoms with van der Waals surface area (Å²) in [5.74, 6) is 0.302. The van der Waals surface area contributed by atoms with Crippen LogP contribution in [0, 0.1) is 5.92 Å². The first-order chi connectivity index (χ1) is 16.9. The molecule has 36 heavy (non-hydrogen) atoms. The topological polar surface area (TPSA) is 87.2 Å². The van der Waals surface area contributed by atoms with Crippen LogP contribution in [-0.2, 0) is 5.41 Å². The fourth-order valence-corrected chi connectivity index (χ4v) is 4.91. The minimum Gasteiger partial charge on any atom is -0.497 e. The van der Waals surface area contributed by atoms with Crippen molar-refractivity contribution >= 4 is 17.7 Å². The van der Waals surface area contributed by atoms with Gasteiger partial charge in [-0.2, -0.15) is 13.2 Å². The second-order valence-corrected chi connectivity index (χ2v) is 10.4. The van der Waals surface area contributed by atoms with Crippen LogP contribution in [0.4, 0.5) is 13.2 Å². The number of nitrogens with zero attached hydrogens (tertiary/aromatic N) is 2. The van der Waals surface area contributed by atoms with Gasteiger partial charge in [-0.1, -0.05) is 24.3 Å². The van der Waals surface area contributed by atoms with Crippen LogP contribution in [0.3, 0.4) is 0 Å². The minimum atomic E-state index is -4.39. The number of carbonyl (C=O) groups excluding carboxylic acids is 1. The summed E-state index contributed by atoms with van der Waals surface area (Å²) in [5.41, 5.74) is 1.22. The molecule has 190 valence electrons. The fraction of sp³-hybridized carbons (Fsp3) is 0.346. The number of hydrogen-bond acceptors (Lipinski definition) is 5. The zero-order valence-electron chi connectivity index (χ0n) is 20.0. The first-order valence-electron chi connectivity index (χ1n) is 11.3. The van der Waals surface area contributed by atoms with E-state index in [-0.39, 0.29) is 28.3 Å². The average Bonchev–Trinajstić information content (AvgIpc) is 3.65. The summed E-state index contributed by atoms with van der Waals surface area (Å²) in [6.07, 6.45) is 1.71. The Morgan fingerprint density at radius 3 is 2.22 bits per heavy atom. The normalized spacial score (nSPS) is 14.9. The van der Waals surface area contributed by atoms with Crippen molar-refractivity contribution in [3.05, 3.63) is 87.6 Å². The number of primary amides is 1. The lowest BCUT2D eigenvalue weighted by molar-refractivity contribution is -0.0328. The van der Waals surface area contributed by atoms with Gasteiger partial charge in [0.25, 0.3) is 11.5 Å². The standard InChI is InChI=1S/C26H26F3N3O3S/c1-25(2,17-8-10-18(35-3)11-9-17)24-31-20(23(30)34)14-21(33)32(24)22(15-4-5-15)16-6-12-19(13-7-16)36-26(27,28)29/h6-15,22H,4-5H2,1-3H3,(H2,30,34)/t22-/m1/s1. The number of ether oxygens (including phenoxy) is 1. The van der Waals surface area contributed by atoms with Crippen LogP contribution in [0.15, 0.2) is 64.3 Å². The van der Waals surface area contributed by atoms with Gasteiger partial charge in [0.2, 0.25) is 0 Å². The zero-order chi connectivity index (χ0) is 26.3. The van der Waals surface area contributed by atoms with Gasteiger partial charge in [-0.3, -0.25) is 14.2 Å². The van der Waals surface area contributed by atoms with E-state index in [2.05, 4.69) is 4.98 Å². The molecule has 1 saturated carbocycles. The molecule has 0 aliphatic heterocycles. The average molecular weight is 518 g/mol. The molecule has 0 bridgehead atoms. The van der Waals surface area contributed by atoms with Crippen LogP contribution in [0.2, 0.25) is 0 Å². The Morgan fingerprint density at radius 2 is 1.72 bits per heavy atom. The summed E-state index contributed by atoms with van der Waals surface area (Å²) in [7, 11) is 1.56. The lowest BCUT2D eigenvalue weighted by Gasteiger charge is -2.32. The van der Waals surface area contributed by atoms with E-state index in [1.54, 1.807) is 35.9 Å². The molecule has 0 radical (unpaired) electrons. The molecule has 2 aromatic carbocycles. The number of benzene rings is 2. The van der Waals surface area contributed by atoms with E-state index in [0.717, 1.165) is 24.5 Å². The maximum Gasteiger partial charge on any atom is 0.446 e. The lowest BCUT2D eigenvalue weighted by atomic mass is 9.82. The largest absolute Gasteiger partial charge is 0.497 e. The van der Waals surface area contributed by atoms with Crippen LogP contribution < -0.4 is 16.0 Å². The maximum absolute atomic E-state index is 13.5. The summed E-state index contributed by atoms with van der Waals surface area (Å²) >= 11 is -0.186. The number of halogens is 3. The van der Waals surface area contributed by atoms with E-state index in [4.69, 9.17) is 10.5 Å². The molecule has 1 aliphatic carbocycles. The Bertz CT molecular complexity index is 1320. The quantitative estimate of drug-likeness (QED) is 0.411. The van der Waals surface area contributed by atoms with Crippen molar-refractivity contribution in [2.24, 2.45) is 11.7 Å². The maximum atomic E-state index is 13.5. The van der Waals surface area contributed by atoms with Gasteiger partial charge in [-0.25, -0.2) is 4.98 Å². The minimum absolute atomic E-state index is 0.0640. The molecule has 0 saturated heterocycles. The van der Waals surface area contributed by atoms with Crippen LogP contribution >= 0.6 is 11.8 Å². The number of thioether (sulfide) groups is 1. The number of amides is 1. The van der Waals surface area contributed by atoms with E-state index in [1.807, 2.05) is 26.0 Å². The third kappa shape index (κ3) is 5.43. The molecule has 10 heteroatoms. The molecule has 1 aliphatic rings. The Labute approximate surface area is 210 Å². The molecule has 4 rings (SSSR count). The number of methoxy groups -OCH3 is 1. The zero-order valence-corrected chi connectivity index (χ0v) is 20.8. The van der Waals surface area contributed by atoms with Gasteiger partial charge in [-0.05, 0) is 79.8 Å². The van der Waals surface area contributed by atoms with Crippen LogP contribution in [0.1, 0.15) is 60.2 Å². The summed E-state index contributed by atoms with van der Waals surface area (Å²) in [5, 5.41) is 0. The summed E-state index contributed by atoms with van der Waals surface area (Å²) in [4.78, 5) is 30.1. The van der Waals surface area contributed by atoms with Gasteiger partial charge in [0.1, 0.15) is 17.3 Å². The molecule has 2 N–H and O–H groups in total. The Morgan fingerprint density at radius 1 is 1.11 bits per heavy atom. The van der Waals surface area contributed by atoms with Gasteiger partial charge in [0.15, 0.2) is 0 Å².